The Morgan fingerprint density at radius 1 is 1.31 bits per heavy atom. The molecule has 1 N–H and O–H groups in total. The molecule has 1 atom stereocenters. The Hall–Kier alpha value is -2.57. The van der Waals surface area contributed by atoms with E-state index in [-0.39, 0.29) is 12.0 Å². The van der Waals surface area contributed by atoms with E-state index in [1.165, 1.54) is 11.8 Å². The largest absolute Gasteiger partial charge is 0.486 e. The van der Waals surface area contributed by atoms with Crippen molar-refractivity contribution in [3.8, 4) is 17.0 Å². The molecule has 1 aliphatic heterocycles. The molecule has 0 radical (unpaired) electrons. The van der Waals surface area contributed by atoms with E-state index in [0.29, 0.717) is 34.5 Å². The number of fused-ring (bicyclic) bond motifs is 1. The summed E-state index contributed by atoms with van der Waals surface area (Å²) in [7, 11) is 0. The lowest BCUT2D eigenvalue weighted by Crippen LogP contribution is -2.34. The molecule has 0 saturated carbocycles. The number of halogens is 1. The first-order valence-corrected chi connectivity index (χ1v) is 10.9. The van der Waals surface area contributed by atoms with Crippen molar-refractivity contribution in [1.29, 1.82) is 0 Å². The van der Waals surface area contributed by atoms with Crippen LogP contribution in [0.3, 0.4) is 0 Å². The van der Waals surface area contributed by atoms with E-state index in [1.807, 2.05) is 49.6 Å². The summed E-state index contributed by atoms with van der Waals surface area (Å²) in [5, 5.41) is 4.23. The van der Waals surface area contributed by atoms with Gasteiger partial charge in [-0.15, -0.1) is 0 Å². The van der Waals surface area contributed by atoms with E-state index in [1.54, 1.807) is 6.20 Å². The number of nitrogens with zero attached hydrogens (tertiary/aromatic N) is 2. The predicted octanol–water partition coefficient (Wildman–Crippen LogP) is 4.56. The summed E-state index contributed by atoms with van der Waals surface area (Å²) in [5.74, 6) is 0.588. The lowest BCUT2D eigenvalue weighted by Gasteiger charge is -2.13. The van der Waals surface area contributed by atoms with E-state index in [9.17, 15) is 4.79 Å². The van der Waals surface area contributed by atoms with Crippen LogP contribution in [0.25, 0.3) is 11.3 Å². The quantitative estimate of drug-likeness (QED) is 0.479. The summed E-state index contributed by atoms with van der Waals surface area (Å²) in [6.45, 7) is 2.34. The second-order valence-corrected chi connectivity index (χ2v) is 8.02. The Bertz CT molecular complexity index is 1070. The van der Waals surface area contributed by atoms with Crippen molar-refractivity contribution < 1.29 is 9.53 Å². The Morgan fingerprint density at radius 3 is 2.93 bits per heavy atom. The first-order valence-electron chi connectivity index (χ1n) is 9.25. The molecule has 0 spiro atoms. The zero-order chi connectivity index (χ0) is 20.4. The van der Waals surface area contributed by atoms with E-state index < -0.39 is 0 Å². The first-order chi connectivity index (χ1) is 14.0. The highest BCUT2D eigenvalue weighted by molar-refractivity contribution is 7.98. The molecular formula is C22H20ClN3O2S. The summed E-state index contributed by atoms with van der Waals surface area (Å²) in [6, 6.07) is 13.3. The fourth-order valence-corrected chi connectivity index (χ4v) is 4.02. The third-order valence-electron chi connectivity index (χ3n) is 4.84. The molecule has 1 amide bonds. The zero-order valence-corrected chi connectivity index (χ0v) is 17.7. The maximum atomic E-state index is 12.5. The summed E-state index contributed by atoms with van der Waals surface area (Å²) in [6.07, 6.45) is 4.21. The van der Waals surface area contributed by atoms with Crippen LogP contribution in [-0.2, 0) is 6.42 Å². The van der Waals surface area contributed by atoms with Gasteiger partial charge >= 0.3 is 0 Å². The third kappa shape index (κ3) is 4.23. The van der Waals surface area contributed by atoms with Crippen molar-refractivity contribution in [2.45, 2.75) is 24.6 Å². The number of aryl methyl sites for hydroxylation is 1. The van der Waals surface area contributed by atoms with E-state index in [0.717, 1.165) is 22.4 Å². The number of aromatic nitrogens is 2. The van der Waals surface area contributed by atoms with Gasteiger partial charge in [0, 0.05) is 29.3 Å². The van der Waals surface area contributed by atoms with Gasteiger partial charge in [0.05, 0.1) is 17.3 Å². The molecule has 0 unspecified atom stereocenters. The van der Waals surface area contributed by atoms with Crippen LogP contribution in [0, 0.1) is 6.92 Å². The van der Waals surface area contributed by atoms with Gasteiger partial charge in [0.1, 0.15) is 11.9 Å². The van der Waals surface area contributed by atoms with Crippen LogP contribution < -0.4 is 10.1 Å². The van der Waals surface area contributed by atoms with Crippen molar-refractivity contribution in [3.05, 3.63) is 70.4 Å². The SMILES string of the molecule is CSc1nccc(-c2cc(Cl)c3c(c2)C[C@@H](CNC(=O)c2ccccc2C)O3)n1. The Kier molecular flexibility index (Phi) is 5.74. The average molecular weight is 426 g/mol. The molecular weight excluding hydrogens is 406 g/mol. The number of hydrogen-bond donors (Lipinski definition) is 1. The van der Waals surface area contributed by atoms with E-state index >= 15 is 0 Å². The third-order valence-corrected chi connectivity index (χ3v) is 5.69. The highest BCUT2D eigenvalue weighted by Crippen LogP contribution is 2.39. The Morgan fingerprint density at radius 2 is 2.14 bits per heavy atom. The van der Waals surface area contributed by atoms with Crippen LogP contribution in [0.5, 0.6) is 5.75 Å². The number of hydrogen-bond acceptors (Lipinski definition) is 5. The number of carbonyl (C=O) groups is 1. The molecule has 5 nitrogen and oxygen atoms in total. The van der Waals surface area contributed by atoms with Gasteiger partial charge < -0.3 is 10.1 Å². The lowest BCUT2D eigenvalue weighted by molar-refractivity contribution is 0.0933. The minimum atomic E-state index is -0.155. The van der Waals surface area contributed by atoms with Crippen molar-refractivity contribution in [1.82, 2.24) is 15.3 Å². The Balaban J connectivity index is 1.47. The number of benzene rings is 2. The molecule has 3 aromatic rings. The molecule has 7 heteroatoms. The van der Waals surface area contributed by atoms with Crippen molar-refractivity contribution in [2.75, 3.05) is 12.8 Å². The van der Waals surface area contributed by atoms with Gasteiger partial charge in [0.2, 0.25) is 0 Å². The number of rotatable bonds is 5. The predicted molar refractivity (Wildman–Crippen MR) is 116 cm³/mol. The standard InChI is InChI=1S/C22H20ClN3O2S/c1-13-5-3-4-6-17(13)21(27)25-12-16-10-15-9-14(11-18(23)20(15)28-16)19-7-8-24-22(26-19)29-2/h3-9,11,16H,10,12H2,1-2H3,(H,25,27)/t16-/m0/s1. The van der Waals surface area contributed by atoms with Gasteiger partial charge in [-0.1, -0.05) is 41.6 Å². The lowest BCUT2D eigenvalue weighted by atomic mass is 10.0. The second-order valence-electron chi connectivity index (χ2n) is 6.84. The minimum Gasteiger partial charge on any atom is -0.486 e. The highest BCUT2D eigenvalue weighted by atomic mass is 35.5. The van der Waals surface area contributed by atoms with E-state index in [2.05, 4.69) is 21.4 Å². The molecule has 0 bridgehead atoms. The highest BCUT2D eigenvalue weighted by Gasteiger charge is 2.27. The van der Waals surface area contributed by atoms with Crippen LogP contribution in [0.1, 0.15) is 21.5 Å². The first kappa shape index (κ1) is 19.7. The van der Waals surface area contributed by atoms with Gasteiger partial charge in [-0.2, -0.15) is 0 Å². The molecule has 1 aliphatic rings. The van der Waals surface area contributed by atoms with Crippen LogP contribution in [0.2, 0.25) is 5.02 Å². The van der Waals surface area contributed by atoms with Crippen LogP contribution >= 0.6 is 23.4 Å². The topological polar surface area (TPSA) is 64.1 Å². The van der Waals surface area contributed by atoms with Gasteiger partial charge in [-0.25, -0.2) is 9.97 Å². The summed E-state index contributed by atoms with van der Waals surface area (Å²) in [5.41, 5.74) is 4.40. The molecule has 2 heterocycles. The summed E-state index contributed by atoms with van der Waals surface area (Å²) < 4.78 is 6.01. The molecule has 0 fully saturated rings. The normalized spacial score (nSPS) is 14.9. The van der Waals surface area contributed by atoms with Gasteiger partial charge in [-0.3, -0.25) is 4.79 Å². The van der Waals surface area contributed by atoms with Gasteiger partial charge in [-0.05, 0) is 43.0 Å². The molecule has 0 saturated heterocycles. The monoisotopic (exact) mass is 425 g/mol. The number of amides is 1. The molecule has 148 valence electrons. The van der Waals surface area contributed by atoms with Crippen LogP contribution in [-0.4, -0.2) is 34.8 Å². The van der Waals surface area contributed by atoms with Crippen molar-refractivity contribution >= 4 is 29.3 Å². The Labute approximate surface area is 178 Å². The molecule has 2 aromatic carbocycles. The van der Waals surface area contributed by atoms with E-state index in [4.69, 9.17) is 16.3 Å². The zero-order valence-electron chi connectivity index (χ0n) is 16.1. The maximum Gasteiger partial charge on any atom is 0.251 e. The fourth-order valence-electron chi connectivity index (χ4n) is 3.38. The van der Waals surface area contributed by atoms with Crippen molar-refractivity contribution in [2.24, 2.45) is 0 Å². The average Bonchev–Trinajstić information content (AvgIpc) is 3.16. The molecule has 0 aliphatic carbocycles. The van der Waals surface area contributed by atoms with Crippen LogP contribution in [0.15, 0.2) is 53.8 Å². The smallest absolute Gasteiger partial charge is 0.251 e. The van der Waals surface area contributed by atoms with Gasteiger partial charge in [0.25, 0.3) is 5.91 Å². The molecule has 4 rings (SSSR count). The summed E-state index contributed by atoms with van der Waals surface area (Å²) >= 11 is 7.98. The second kappa shape index (κ2) is 8.43. The molecule has 1 aromatic heterocycles. The number of nitrogens with one attached hydrogen (secondary N) is 1. The summed E-state index contributed by atoms with van der Waals surface area (Å²) in [4.78, 5) is 21.2. The number of carbonyl (C=O) groups excluding carboxylic acids is 1. The molecule has 29 heavy (non-hydrogen) atoms. The minimum absolute atomic E-state index is 0.0972. The number of ether oxygens (including phenoxy) is 1. The van der Waals surface area contributed by atoms with Crippen LogP contribution in [0.4, 0.5) is 0 Å². The number of thioether (sulfide) groups is 1. The maximum absolute atomic E-state index is 12.5. The van der Waals surface area contributed by atoms with Crippen molar-refractivity contribution in [3.63, 3.8) is 0 Å². The van der Waals surface area contributed by atoms with Gasteiger partial charge in [0.15, 0.2) is 5.16 Å². The fraction of sp³-hybridized carbons (Fsp3) is 0.227.